The minimum absolute atomic E-state index is 0.0125. The molecular formula is C19H28N4O5. The fourth-order valence-electron chi connectivity index (χ4n) is 2.42. The zero-order valence-corrected chi connectivity index (χ0v) is 16.3. The monoisotopic (exact) mass is 392 g/mol. The van der Waals surface area contributed by atoms with Crippen LogP contribution in [0.25, 0.3) is 0 Å². The van der Waals surface area contributed by atoms with Crippen molar-refractivity contribution in [3.05, 3.63) is 29.6 Å². The van der Waals surface area contributed by atoms with Gasteiger partial charge in [-0.3, -0.25) is 19.4 Å². The fraction of sp³-hybridized carbons (Fsp3) is 0.526. The van der Waals surface area contributed by atoms with E-state index in [9.17, 15) is 19.2 Å². The summed E-state index contributed by atoms with van der Waals surface area (Å²) >= 11 is 0. The summed E-state index contributed by atoms with van der Waals surface area (Å²) in [4.78, 5) is 49.8. The number of amides is 3. The molecular weight excluding hydrogens is 364 g/mol. The second-order valence-electron chi connectivity index (χ2n) is 6.39. The maximum Gasteiger partial charge on any atom is 0.326 e. The molecule has 0 radical (unpaired) electrons. The lowest BCUT2D eigenvalue weighted by molar-refractivity contribution is -0.141. The molecule has 4 N–H and O–H groups in total. The van der Waals surface area contributed by atoms with E-state index in [1.54, 1.807) is 12.3 Å². The van der Waals surface area contributed by atoms with Crippen LogP contribution in [0.1, 0.15) is 55.6 Å². The second-order valence-corrected chi connectivity index (χ2v) is 6.39. The molecule has 0 aromatic carbocycles. The highest BCUT2D eigenvalue weighted by Gasteiger charge is 2.19. The third kappa shape index (κ3) is 9.11. The zero-order valence-electron chi connectivity index (χ0n) is 16.3. The molecule has 1 rings (SSSR count). The molecule has 0 spiro atoms. The summed E-state index contributed by atoms with van der Waals surface area (Å²) in [5, 5.41) is 16.5. The topological polar surface area (TPSA) is 137 Å². The first-order valence-electron chi connectivity index (χ1n) is 9.33. The van der Waals surface area contributed by atoms with E-state index >= 15 is 0 Å². The number of carboxylic acid groups (broad SMARTS) is 1. The average molecular weight is 392 g/mol. The molecule has 0 aliphatic rings. The summed E-state index contributed by atoms with van der Waals surface area (Å²) in [5.74, 6) is -2.34. The molecule has 0 fully saturated rings. The van der Waals surface area contributed by atoms with Gasteiger partial charge < -0.3 is 21.1 Å². The molecule has 1 unspecified atom stereocenters. The van der Waals surface area contributed by atoms with E-state index in [1.165, 1.54) is 6.92 Å². The standard InChI is InChI=1S/C19H28N4O5/c1-3-4-5-14-6-7-15(22-12-14)18(26)21-11-10-20-17(25)9-8-16(19(27)28)23-13(2)24/h6-7,12,16H,3-5,8-11H2,1-2H3,(H,20,25)(H,21,26)(H,23,24)(H,27,28). The van der Waals surface area contributed by atoms with Crippen LogP contribution < -0.4 is 16.0 Å². The largest absolute Gasteiger partial charge is 0.480 e. The van der Waals surface area contributed by atoms with Gasteiger partial charge in [-0.25, -0.2) is 4.79 Å². The van der Waals surface area contributed by atoms with Gasteiger partial charge in [0.25, 0.3) is 5.91 Å². The van der Waals surface area contributed by atoms with Gasteiger partial charge in [-0.15, -0.1) is 0 Å². The fourth-order valence-corrected chi connectivity index (χ4v) is 2.42. The highest BCUT2D eigenvalue weighted by atomic mass is 16.4. The van der Waals surface area contributed by atoms with Gasteiger partial charge in [-0.2, -0.15) is 0 Å². The van der Waals surface area contributed by atoms with Crippen molar-refractivity contribution in [1.82, 2.24) is 20.9 Å². The Hall–Kier alpha value is -2.97. The number of rotatable bonds is 12. The number of carboxylic acids is 1. The minimum Gasteiger partial charge on any atom is -0.480 e. The van der Waals surface area contributed by atoms with Crippen molar-refractivity contribution in [2.24, 2.45) is 0 Å². The van der Waals surface area contributed by atoms with Crippen LogP contribution in [0, 0.1) is 0 Å². The number of aliphatic carboxylic acids is 1. The highest BCUT2D eigenvalue weighted by Crippen LogP contribution is 2.05. The molecule has 1 aromatic heterocycles. The molecule has 28 heavy (non-hydrogen) atoms. The van der Waals surface area contributed by atoms with Crippen molar-refractivity contribution in [2.75, 3.05) is 13.1 Å². The lowest BCUT2D eigenvalue weighted by Gasteiger charge is -2.13. The normalized spacial score (nSPS) is 11.4. The number of carbonyl (C=O) groups excluding carboxylic acids is 3. The van der Waals surface area contributed by atoms with Gasteiger partial charge in [-0.05, 0) is 30.9 Å². The van der Waals surface area contributed by atoms with Crippen LogP contribution in [0.2, 0.25) is 0 Å². The highest BCUT2D eigenvalue weighted by molar-refractivity contribution is 5.92. The van der Waals surface area contributed by atoms with Crippen molar-refractivity contribution in [2.45, 2.75) is 52.0 Å². The third-order valence-electron chi connectivity index (χ3n) is 3.94. The Morgan fingerprint density at radius 1 is 1.14 bits per heavy atom. The number of carbonyl (C=O) groups is 4. The number of nitrogens with zero attached hydrogens (tertiary/aromatic N) is 1. The van der Waals surface area contributed by atoms with Gasteiger partial charge in [0, 0.05) is 32.6 Å². The maximum absolute atomic E-state index is 12.0. The van der Waals surface area contributed by atoms with Crippen molar-refractivity contribution < 1.29 is 24.3 Å². The Morgan fingerprint density at radius 3 is 2.43 bits per heavy atom. The first-order chi connectivity index (χ1) is 13.3. The summed E-state index contributed by atoms with van der Waals surface area (Å²) in [6, 6.07) is 2.45. The summed E-state index contributed by atoms with van der Waals surface area (Å²) in [5.41, 5.74) is 1.40. The molecule has 9 heteroatoms. The lowest BCUT2D eigenvalue weighted by Crippen LogP contribution is -2.41. The Balaban J connectivity index is 2.28. The summed E-state index contributed by atoms with van der Waals surface area (Å²) in [6.07, 6.45) is 4.74. The number of nitrogens with one attached hydrogen (secondary N) is 3. The Bertz CT molecular complexity index is 675. The number of aryl methyl sites for hydroxylation is 1. The molecule has 0 aliphatic heterocycles. The van der Waals surface area contributed by atoms with Gasteiger partial charge in [0.1, 0.15) is 11.7 Å². The number of hydrogen-bond donors (Lipinski definition) is 4. The molecule has 1 heterocycles. The van der Waals surface area contributed by atoms with Crippen LogP contribution in [0.4, 0.5) is 0 Å². The number of aromatic nitrogens is 1. The first kappa shape index (κ1) is 23.1. The van der Waals surface area contributed by atoms with Crippen molar-refractivity contribution in [3.8, 4) is 0 Å². The molecule has 1 atom stereocenters. The van der Waals surface area contributed by atoms with E-state index in [0.717, 1.165) is 24.8 Å². The third-order valence-corrected chi connectivity index (χ3v) is 3.94. The van der Waals surface area contributed by atoms with Gasteiger partial charge in [-0.1, -0.05) is 19.4 Å². The zero-order chi connectivity index (χ0) is 20.9. The van der Waals surface area contributed by atoms with Gasteiger partial charge in [0.15, 0.2) is 0 Å². The van der Waals surface area contributed by atoms with E-state index in [2.05, 4.69) is 27.9 Å². The Morgan fingerprint density at radius 2 is 1.86 bits per heavy atom. The maximum atomic E-state index is 12.0. The smallest absolute Gasteiger partial charge is 0.326 e. The Kier molecular flexibility index (Phi) is 10.2. The van der Waals surface area contributed by atoms with E-state index in [-0.39, 0.29) is 37.7 Å². The van der Waals surface area contributed by atoms with Gasteiger partial charge in [0.05, 0.1) is 0 Å². The van der Waals surface area contributed by atoms with Crippen molar-refractivity contribution >= 4 is 23.7 Å². The molecule has 0 saturated heterocycles. The van der Waals surface area contributed by atoms with Crippen LogP contribution in [0.3, 0.4) is 0 Å². The molecule has 3 amide bonds. The SMILES string of the molecule is CCCCc1ccc(C(=O)NCCNC(=O)CCC(NC(C)=O)C(=O)O)nc1. The molecule has 9 nitrogen and oxygen atoms in total. The summed E-state index contributed by atoms with van der Waals surface area (Å²) in [6.45, 7) is 3.75. The van der Waals surface area contributed by atoms with Crippen LogP contribution >= 0.6 is 0 Å². The van der Waals surface area contributed by atoms with Crippen LogP contribution in [-0.2, 0) is 20.8 Å². The van der Waals surface area contributed by atoms with Crippen molar-refractivity contribution in [1.29, 1.82) is 0 Å². The lowest BCUT2D eigenvalue weighted by atomic mass is 10.1. The predicted molar refractivity (Wildman–Crippen MR) is 103 cm³/mol. The minimum atomic E-state index is -1.19. The van der Waals surface area contributed by atoms with Crippen LogP contribution in [-0.4, -0.2) is 52.9 Å². The first-order valence-corrected chi connectivity index (χ1v) is 9.33. The summed E-state index contributed by atoms with van der Waals surface area (Å²) in [7, 11) is 0. The van der Waals surface area contributed by atoms with E-state index in [4.69, 9.17) is 5.11 Å². The van der Waals surface area contributed by atoms with E-state index in [0.29, 0.717) is 5.69 Å². The second kappa shape index (κ2) is 12.4. The average Bonchev–Trinajstić information content (AvgIpc) is 2.66. The quantitative estimate of drug-likeness (QED) is 0.385. The van der Waals surface area contributed by atoms with E-state index < -0.39 is 17.9 Å². The molecule has 154 valence electrons. The number of unbranched alkanes of at least 4 members (excludes halogenated alkanes) is 1. The molecule has 0 bridgehead atoms. The van der Waals surface area contributed by atoms with E-state index in [1.807, 2.05) is 6.07 Å². The van der Waals surface area contributed by atoms with Gasteiger partial charge in [0.2, 0.25) is 11.8 Å². The number of pyridine rings is 1. The molecule has 0 saturated carbocycles. The van der Waals surface area contributed by atoms with Crippen LogP contribution in [0.5, 0.6) is 0 Å². The molecule has 1 aromatic rings. The van der Waals surface area contributed by atoms with Gasteiger partial charge >= 0.3 is 5.97 Å². The predicted octanol–water partition coefficient (Wildman–Crippen LogP) is 0.640. The Labute approximate surface area is 164 Å². The number of hydrogen-bond acceptors (Lipinski definition) is 5. The van der Waals surface area contributed by atoms with Crippen molar-refractivity contribution in [3.63, 3.8) is 0 Å². The molecule has 0 aliphatic carbocycles. The summed E-state index contributed by atoms with van der Waals surface area (Å²) < 4.78 is 0. The van der Waals surface area contributed by atoms with Crippen LogP contribution in [0.15, 0.2) is 18.3 Å².